The topological polar surface area (TPSA) is 94.0 Å². The molecule has 3 heterocycles. The van der Waals surface area contributed by atoms with Crippen molar-refractivity contribution in [2.75, 3.05) is 17.2 Å². The average Bonchev–Trinajstić information content (AvgIpc) is 3.37. The first-order chi connectivity index (χ1) is 14.8. The van der Waals surface area contributed by atoms with Gasteiger partial charge in [-0.3, -0.25) is 9.55 Å². The lowest BCUT2D eigenvalue weighted by Gasteiger charge is -2.15. The van der Waals surface area contributed by atoms with Gasteiger partial charge in [-0.25, -0.2) is 14.8 Å². The first kappa shape index (κ1) is 17.9. The lowest BCUT2D eigenvalue weighted by Crippen LogP contribution is -2.20. The Morgan fingerprint density at radius 3 is 2.47 bits per heavy atom. The zero-order valence-corrected chi connectivity index (χ0v) is 16.2. The molecule has 0 amide bonds. The lowest BCUT2D eigenvalue weighted by atomic mass is 10.3. The van der Waals surface area contributed by atoms with Crippen LogP contribution in [0.4, 0.5) is 11.4 Å². The molecule has 0 atom stereocenters. The Bertz CT molecular complexity index is 1250. The van der Waals surface area contributed by atoms with Crippen molar-refractivity contribution in [2.45, 2.75) is 6.92 Å². The second-order valence-corrected chi connectivity index (χ2v) is 6.59. The molecule has 4 aromatic rings. The molecule has 1 aliphatic rings. The number of carbonyl (C=O) groups excluding carboxylic acids is 1. The molecule has 0 bridgehead atoms. The molecular formula is C22H18N6O2. The molecule has 148 valence electrons. The van der Waals surface area contributed by atoms with E-state index in [0.29, 0.717) is 23.0 Å². The number of para-hydroxylation sites is 4. The number of anilines is 2. The van der Waals surface area contributed by atoms with Crippen LogP contribution in [0.1, 0.15) is 6.92 Å². The average molecular weight is 398 g/mol. The van der Waals surface area contributed by atoms with E-state index in [1.54, 1.807) is 30.1 Å². The summed E-state index contributed by atoms with van der Waals surface area (Å²) in [4.78, 5) is 26.5. The minimum atomic E-state index is -0.478. The first-order valence-electron chi connectivity index (χ1n) is 9.55. The van der Waals surface area contributed by atoms with Crippen LogP contribution in [0.5, 0.6) is 0 Å². The van der Waals surface area contributed by atoms with Crippen LogP contribution in [0.2, 0.25) is 0 Å². The SMILES string of the molecule is CCOC(=O)C(=C1Nc2ccccc2N1)n1c(-c2cnccn2)nc2ccccc21. The number of nitrogens with one attached hydrogen (secondary N) is 2. The van der Waals surface area contributed by atoms with Crippen LogP contribution in [-0.4, -0.2) is 32.1 Å². The van der Waals surface area contributed by atoms with Crippen molar-refractivity contribution in [1.29, 1.82) is 0 Å². The van der Waals surface area contributed by atoms with Crippen molar-refractivity contribution in [3.05, 3.63) is 72.9 Å². The van der Waals surface area contributed by atoms with Gasteiger partial charge >= 0.3 is 5.97 Å². The Balaban J connectivity index is 1.79. The van der Waals surface area contributed by atoms with Gasteiger partial charge in [0.1, 0.15) is 11.5 Å². The highest BCUT2D eigenvalue weighted by Gasteiger charge is 2.29. The minimum absolute atomic E-state index is 0.246. The number of nitrogens with zero attached hydrogens (tertiary/aromatic N) is 4. The number of aromatic nitrogens is 4. The molecule has 2 N–H and O–H groups in total. The van der Waals surface area contributed by atoms with Crippen LogP contribution >= 0.6 is 0 Å². The van der Waals surface area contributed by atoms with Gasteiger partial charge in [0.2, 0.25) is 0 Å². The number of esters is 1. The van der Waals surface area contributed by atoms with E-state index in [2.05, 4.69) is 20.6 Å². The second kappa shape index (κ2) is 7.32. The highest BCUT2D eigenvalue weighted by atomic mass is 16.5. The Labute approximate surface area is 172 Å². The highest BCUT2D eigenvalue weighted by molar-refractivity contribution is 6.15. The molecule has 5 rings (SSSR count). The normalized spacial score (nSPS) is 12.2. The van der Waals surface area contributed by atoms with Crippen molar-refractivity contribution >= 4 is 34.1 Å². The van der Waals surface area contributed by atoms with E-state index >= 15 is 0 Å². The number of rotatable bonds is 4. The second-order valence-electron chi connectivity index (χ2n) is 6.59. The molecular weight excluding hydrogens is 380 g/mol. The summed E-state index contributed by atoms with van der Waals surface area (Å²) in [6, 6.07) is 15.3. The molecule has 0 fully saturated rings. The molecule has 30 heavy (non-hydrogen) atoms. The van der Waals surface area contributed by atoms with Crippen molar-refractivity contribution in [3.63, 3.8) is 0 Å². The predicted molar refractivity (Wildman–Crippen MR) is 114 cm³/mol. The zero-order valence-electron chi connectivity index (χ0n) is 16.2. The quantitative estimate of drug-likeness (QED) is 0.400. The van der Waals surface area contributed by atoms with Gasteiger partial charge in [0.25, 0.3) is 0 Å². The summed E-state index contributed by atoms with van der Waals surface area (Å²) in [5, 5.41) is 6.58. The molecule has 0 unspecified atom stereocenters. The van der Waals surface area contributed by atoms with Crippen LogP contribution in [0, 0.1) is 0 Å². The lowest BCUT2D eigenvalue weighted by molar-refractivity contribution is -0.136. The van der Waals surface area contributed by atoms with Gasteiger partial charge in [-0.1, -0.05) is 24.3 Å². The number of benzene rings is 2. The van der Waals surface area contributed by atoms with Crippen molar-refractivity contribution < 1.29 is 9.53 Å². The third-order valence-electron chi connectivity index (χ3n) is 4.73. The summed E-state index contributed by atoms with van der Waals surface area (Å²) in [6.07, 6.45) is 4.81. The third-order valence-corrected chi connectivity index (χ3v) is 4.73. The first-order valence-corrected chi connectivity index (χ1v) is 9.55. The van der Waals surface area contributed by atoms with Crippen LogP contribution in [0.25, 0.3) is 28.2 Å². The Kier molecular flexibility index (Phi) is 4.36. The third kappa shape index (κ3) is 2.95. The molecule has 0 saturated carbocycles. The van der Waals surface area contributed by atoms with E-state index in [-0.39, 0.29) is 6.61 Å². The summed E-state index contributed by atoms with van der Waals surface area (Å²) >= 11 is 0. The fourth-order valence-corrected chi connectivity index (χ4v) is 3.46. The van der Waals surface area contributed by atoms with Crippen LogP contribution in [0.3, 0.4) is 0 Å². The van der Waals surface area contributed by atoms with Crippen molar-refractivity contribution in [1.82, 2.24) is 19.5 Å². The van der Waals surface area contributed by atoms with Crippen LogP contribution in [-0.2, 0) is 9.53 Å². The van der Waals surface area contributed by atoms with Gasteiger partial charge in [-0.05, 0) is 31.2 Å². The monoisotopic (exact) mass is 398 g/mol. The van der Waals surface area contributed by atoms with E-state index in [1.807, 2.05) is 48.5 Å². The highest BCUT2D eigenvalue weighted by Crippen LogP contribution is 2.35. The maximum absolute atomic E-state index is 13.2. The fourth-order valence-electron chi connectivity index (χ4n) is 3.46. The maximum atomic E-state index is 13.2. The standard InChI is InChI=1S/C22H18N6O2/c1-2-30-22(29)19(20-25-14-7-3-4-8-15(14)26-20)28-18-10-6-5-9-16(18)27-21(28)17-13-23-11-12-24-17/h3-13,25-26H,2H2,1H3. The van der Waals surface area contributed by atoms with Gasteiger partial charge in [-0.2, -0.15) is 0 Å². The van der Waals surface area contributed by atoms with E-state index in [4.69, 9.17) is 9.72 Å². The molecule has 1 aliphatic heterocycles. The molecule has 0 aliphatic carbocycles. The van der Waals surface area contributed by atoms with E-state index in [1.165, 1.54) is 0 Å². The molecule has 8 heteroatoms. The van der Waals surface area contributed by atoms with Crippen molar-refractivity contribution in [2.24, 2.45) is 0 Å². The summed E-state index contributed by atoms with van der Waals surface area (Å²) in [5.41, 5.74) is 4.08. The number of carbonyl (C=O) groups is 1. The molecule has 8 nitrogen and oxygen atoms in total. The summed E-state index contributed by atoms with van der Waals surface area (Å²) < 4.78 is 7.18. The van der Waals surface area contributed by atoms with E-state index in [0.717, 1.165) is 22.4 Å². The number of fused-ring (bicyclic) bond motifs is 2. The molecule has 0 radical (unpaired) electrons. The summed E-state index contributed by atoms with van der Waals surface area (Å²) in [6.45, 7) is 2.02. The van der Waals surface area contributed by atoms with Crippen LogP contribution in [0.15, 0.2) is 72.9 Å². The smallest absolute Gasteiger partial charge is 0.359 e. The molecule has 0 saturated heterocycles. The van der Waals surface area contributed by atoms with E-state index < -0.39 is 5.97 Å². The Morgan fingerprint density at radius 1 is 1.03 bits per heavy atom. The van der Waals surface area contributed by atoms with Gasteiger partial charge < -0.3 is 15.4 Å². The van der Waals surface area contributed by atoms with Gasteiger partial charge in [0.15, 0.2) is 11.5 Å². The molecule has 2 aromatic carbocycles. The van der Waals surface area contributed by atoms with Gasteiger partial charge in [0.05, 0.1) is 35.2 Å². The number of imidazole rings is 1. The maximum Gasteiger partial charge on any atom is 0.359 e. The molecule has 2 aromatic heterocycles. The van der Waals surface area contributed by atoms with Crippen molar-refractivity contribution in [3.8, 4) is 11.5 Å². The Hall–Kier alpha value is -4.20. The van der Waals surface area contributed by atoms with E-state index in [9.17, 15) is 4.79 Å². The summed E-state index contributed by atoms with van der Waals surface area (Å²) in [5.74, 6) is 0.538. The van der Waals surface area contributed by atoms with Gasteiger partial charge in [0, 0.05) is 12.4 Å². The number of hydrogen-bond donors (Lipinski definition) is 2. The predicted octanol–water partition coefficient (Wildman–Crippen LogP) is 3.72. The summed E-state index contributed by atoms with van der Waals surface area (Å²) in [7, 11) is 0. The largest absolute Gasteiger partial charge is 0.461 e. The Morgan fingerprint density at radius 2 is 1.77 bits per heavy atom. The fraction of sp³-hybridized carbons (Fsp3) is 0.0909. The minimum Gasteiger partial charge on any atom is -0.461 e. The van der Waals surface area contributed by atoms with Gasteiger partial charge in [-0.15, -0.1) is 0 Å². The number of ether oxygens (including phenoxy) is 1. The molecule has 0 spiro atoms. The number of hydrogen-bond acceptors (Lipinski definition) is 7. The van der Waals surface area contributed by atoms with Crippen LogP contribution < -0.4 is 10.6 Å². The zero-order chi connectivity index (χ0) is 20.5.